The fraction of sp³-hybridized carbons (Fsp3) is 0.476. The summed E-state index contributed by atoms with van der Waals surface area (Å²) >= 11 is 0. The molecule has 2 aromatic rings. The van der Waals surface area contributed by atoms with Crippen LogP contribution in [0, 0.1) is 12.8 Å². The number of nitrogens with zero attached hydrogens (tertiary/aromatic N) is 5. The highest BCUT2D eigenvalue weighted by atomic mass is 19.4. The van der Waals surface area contributed by atoms with Crippen molar-refractivity contribution in [2.45, 2.75) is 38.0 Å². The van der Waals surface area contributed by atoms with Gasteiger partial charge in [0.1, 0.15) is 11.4 Å². The van der Waals surface area contributed by atoms with Crippen molar-refractivity contribution in [3.05, 3.63) is 36.1 Å². The second-order valence-corrected chi connectivity index (χ2v) is 8.23. The van der Waals surface area contributed by atoms with Gasteiger partial charge in [-0.3, -0.25) is 4.79 Å². The number of anilines is 3. The third-order valence-corrected chi connectivity index (χ3v) is 5.81. The molecule has 2 N–H and O–H groups in total. The number of hydrogen-bond acceptors (Lipinski definition) is 9. The average Bonchev–Trinajstić information content (AvgIpc) is 2.75. The zero-order valence-electron chi connectivity index (χ0n) is 18.8. The van der Waals surface area contributed by atoms with Crippen LogP contribution >= 0.6 is 0 Å². The van der Waals surface area contributed by atoms with Gasteiger partial charge in [-0.2, -0.15) is 18.2 Å². The number of halogens is 3. The van der Waals surface area contributed by atoms with Crippen LogP contribution in [0.15, 0.2) is 24.7 Å². The van der Waals surface area contributed by atoms with Gasteiger partial charge in [-0.1, -0.05) is 6.58 Å². The Morgan fingerprint density at radius 3 is 2.65 bits per heavy atom. The number of carbonyl (C=O) groups is 1. The lowest BCUT2D eigenvalue weighted by Crippen LogP contribution is -2.48. The predicted molar refractivity (Wildman–Crippen MR) is 116 cm³/mol. The Labute approximate surface area is 193 Å². The third kappa shape index (κ3) is 4.68. The van der Waals surface area contributed by atoms with Gasteiger partial charge in [0.25, 0.3) is 5.91 Å². The van der Waals surface area contributed by atoms with E-state index < -0.39 is 17.9 Å². The molecule has 2 aromatic heterocycles. The molecule has 1 fully saturated rings. The number of aromatic nitrogens is 4. The largest absolute Gasteiger partial charge is 0.499 e. The van der Waals surface area contributed by atoms with E-state index in [1.54, 1.807) is 18.9 Å². The maximum absolute atomic E-state index is 12.6. The molecule has 0 aromatic carbocycles. The molecule has 0 unspecified atom stereocenters. The summed E-state index contributed by atoms with van der Waals surface area (Å²) in [6.07, 6.45) is -1.37. The minimum Gasteiger partial charge on any atom is -0.499 e. The fourth-order valence-corrected chi connectivity index (χ4v) is 3.90. The first-order chi connectivity index (χ1) is 16.1. The number of fused-ring (bicyclic) bond motifs is 1. The van der Waals surface area contributed by atoms with E-state index in [2.05, 4.69) is 37.1 Å². The summed E-state index contributed by atoms with van der Waals surface area (Å²) in [5.41, 5.74) is 0.0983. The summed E-state index contributed by atoms with van der Waals surface area (Å²) in [7, 11) is 3.20. The van der Waals surface area contributed by atoms with Crippen LogP contribution in [0.3, 0.4) is 0 Å². The van der Waals surface area contributed by atoms with Crippen molar-refractivity contribution < 1.29 is 27.4 Å². The lowest BCUT2D eigenvalue weighted by molar-refractivity contribution is -0.141. The second kappa shape index (κ2) is 8.95. The number of aryl methyl sites for hydroxylation is 1. The van der Waals surface area contributed by atoms with Gasteiger partial charge in [0, 0.05) is 13.1 Å². The van der Waals surface area contributed by atoms with Crippen LogP contribution < -0.4 is 20.3 Å². The van der Waals surface area contributed by atoms with Gasteiger partial charge in [-0.05, 0) is 25.7 Å². The van der Waals surface area contributed by atoms with Crippen LogP contribution in [0.4, 0.5) is 30.6 Å². The Bertz CT molecular complexity index is 1090. The molecular weight excluding hydrogens is 455 g/mol. The molecule has 34 heavy (non-hydrogen) atoms. The van der Waals surface area contributed by atoms with Crippen LogP contribution in [0.5, 0.6) is 5.88 Å². The predicted octanol–water partition coefficient (Wildman–Crippen LogP) is 2.78. The number of likely N-dealkylation sites (N-methyl/N-ethyl adjacent to an activating group) is 1. The highest BCUT2D eigenvalue weighted by Crippen LogP contribution is 2.36. The van der Waals surface area contributed by atoms with Crippen molar-refractivity contribution in [1.29, 1.82) is 0 Å². The Hall–Kier alpha value is -3.64. The van der Waals surface area contributed by atoms with E-state index in [1.807, 2.05) is 0 Å². The molecule has 1 amide bonds. The number of nitrogens with one attached hydrogen (secondary N) is 2. The van der Waals surface area contributed by atoms with Crippen molar-refractivity contribution >= 4 is 23.4 Å². The van der Waals surface area contributed by atoms with Crippen molar-refractivity contribution in [3.63, 3.8) is 0 Å². The molecule has 2 aliphatic rings. The average molecular weight is 479 g/mol. The smallest absolute Gasteiger partial charge is 0.434 e. The Morgan fingerprint density at radius 2 is 2.03 bits per heavy atom. The Balaban J connectivity index is 1.33. The number of amides is 1. The Kier molecular flexibility index (Phi) is 6.19. The van der Waals surface area contributed by atoms with Crippen LogP contribution in [0.2, 0.25) is 0 Å². The van der Waals surface area contributed by atoms with Crippen LogP contribution in [-0.4, -0.2) is 58.7 Å². The van der Waals surface area contributed by atoms with Gasteiger partial charge in [0.15, 0.2) is 17.6 Å². The zero-order chi connectivity index (χ0) is 24.6. The van der Waals surface area contributed by atoms with Gasteiger partial charge in [-0.15, -0.1) is 0 Å². The topological polar surface area (TPSA) is 114 Å². The highest BCUT2D eigenvalue weighted by molar-refractivity contribution is 6.04. The maximum atomic E-state index is 12.6. The summed E-state index contributed by atoms with van der Waals surface area (Å²) in [5, 5.41) is 6.11. The fourth-order valence-electron chi connectivity index (χ4n) is 3.90. The van der Waals surface area contributed by atoms with E-state index in [9.17, 15) is 18.0 Å². The summed E-state index contributed by atoms with van der Waals surface area (Å²) in [6, 6.07) is -0.601. The first kappa shape index (κ1) is 23.5. The van der Waals surface area contributed by atoms with Crippen molar-refractivity contribution in [3.8, 4) is 5.88 Å². The van der Waals surface area contributed by atoms with Gasteiger partial charge >= 0.3 is 6.18 Å². The molecule has 1 saturated carbocycles. The molecule has 3 heterocycles. The van der Waals surface area contributed by atoms with Gasteiger partial charge < -0.3 is 25.0 Å². The molecule has 1 aliphatic heterocycles. The van der Waals surface area contributed by atoms with E-state index in [0.717, 1.165) is 19.0 Å². The quantitative estimate of drug-likeness (QED) is 0.579. The van der Waals surface area contributed by atoms with Crippen molar-refractivity contribution in [2.24, 2.45) is 5.92 Å². The van der Waals surface area contributed by atoms with Gasteiger partial charge in [0.2, 0.25) is 11.8 Å². The normalized spacial score (nSPS) is 21.8. The van der Waals surface area contributed by atoms with E-state index in [-0.39, 0.29) is 23.7 Å². The molecule has 1 atom stereocenters. The second-order valence-electron chi connectivity index (χ2n) is 8.23. The number of methoxy groups -OCH3 is 1. The van der Waals surface area contributed by atoms with Crippen LogP contribution in [0.1, 0.15) is 24.2 Å². The minimum absolute atomic E-state index is 0.0512. The number of alkyl halides is 3. The number of ether oxygens (including phenoxy) is 2. The van der Waals surface area contributed by atoms with Gasteiger partial charge in [-0.25, -0.2) is 15.0 Å². The van der Waals surface area contributed by atoms with Crippen molar-refractivity contribution in [2.75, 3.05) is 36.3 Å². The molecule has 182 valence electrons. The molecule has 0 saturated heterocycles. The number of carbonyl (C=O) groups excluding carboxylic acids is 1. The van der Waals surface area contributed by atoms with Crippen molar-refractivity contribution in [1.82, 2.24) is 19.9 Å². The van der Waals surface area contributed by atoms with E-state index in [0.29, 0.717) is 41.7 Å². The lowest BCUT2D eigenvalue weighted by Gasteiger charge is -2.37. The summed E-state index contributed by atoms with van der Waals surface area (Å²) in [6.45, 7) is 5.90. The standard InChI is InChI=1S/C21H24F3N7O3/c1-10-16-18(31(3)17(11(2)33-4)19(32)29-16)30-20(27-10)28-13-5-12(6-13)9-34-15-8-25-14(7-26-15)21(22,23)24/h7-8,12-13,17H,2,5-6,9H2,1,3-4H3,(H,29,32)(H,27,28,30)/t12?,13?,17-/m0/s1. The SMILES string of the molecule is C=C(OC)[C@H]1C(=O)Nc2c(C)nc(NC3CC(COc4cnc(C(F)(F)F)cn4)C3)nc2N1C. The highest BCUT2D eigenvalue weighted by Gasteiger charge is 2.37. The van der Waals surface area contributed by atoms with Gasteiger partial charge in [0.05, 0.1) is 31.8 Å². The van der Waals surface area contributed by atoms with E-state index in [1.165, 1.54) is 7.11 Å². The molecule has 0 radical (unpaired) electrons. The summed E-state index contributed by atoms with van der Waals surface area (Å²) < 4.78 is 48.3. The summed E-state index contributed by atoms with van der Waals surface area (Å²) in [5.74, 6) is 1.27. The number of rotatable bonds is 7. The van der Waals surface area contributed by atoms with E-state index in [4.69, 9.17) is 9.47 Å². The van der Waals surface area contributed by atoms with Crippen LogP contribution in [0.25, 0.3) is 0 Å². The molecule has 0 spiro atoms. The summed E-state index contributed by atoms with van der Waals surface area (Å²) in [4.78, 5) is 30.2. The van der Waals surface area contributed by atoms with Crippen LogP contribution in [-0.2, 0) is 15.7 Å². The third-order valence-electron chi connectivity index (χ3n) is 5.81. The molecule has 0 bridgehead atoms. The molecule has 13 heteroatoms. The molecule has 10 nitrogen and oxygen atoms in total. The molecule has 1 aliphatic carbocycles. The lowest BCUT2D eigenvalue weighted by atomic mass is 9.81. The monoisotopic (exact) mass is 479 g/mol. The number of hydrogen-bond donors (Lipinski definition) is 2. The Morgan fingerprint density at radius 1 is 1.29 bits per heavy atom. The first-order valence-corrected chi connectivity index (χ1v) is 10.5. The maximum Gasteiger partial charge on any atom is 0.434 e. The molecule has 4 rings (SSSR count). The minimum atomic E-state index is -4.53. The zero-order valence-corrected chi connectivity index (χ0v) is 18.8. The first-order valence-electron chi connectivity index (χ1n) is 10.5. The molecular formula is C21H24F3N7O3. The van der Waals surface area contributed by atoms with E-state index >= 15 is 0 Å².